The van der Waals surface area contributed by atoms with Gasteiger partial charge in [-0.15, -0.1) is 0 Å². The third-order valence-corrected chi connectivity index (χ3v) is 4.38. The third-order valence-electron chi connectivity index (χ3n) is 3.50. The van der Waals surface area contributed by atoms with Crippen molar-refractivity contribution in [1.82, 2.24) is 14.6 Å². The van der Waals surface area contributed by atoms with E-state index in [1.54, 1.807) is 18.7 Å². The fourth-order valence-corrected chi connectivity index (χ4v) is 3.52. The zero-order valence-electron chi connectivity index (χ0n) is 13.4. The second-order valence-corrected chi connectivity index (χ2v) is 6.25. The zero-order chi connectivity index (χ0) is 16.6. The second kappa shape index (κ2) is 5.99. The SMILES string of the molecule is COCc1nn2c(C#N)c(-c3cc(C)cc(C)c3OC)nc2s1. The van der Waals surface area contributed by atoms with Crippen LogP contribution in [0.1, 0.15) is 21.8 Å². The van der Waals surface area contributed by atoms with E-state index in [2.05, 4.69) is 16.2 Å². The molecule has 23 heavy (non-hydrogen) atoms. The molecule has 1 aromatic carbocycles. The molecule has 118 valence electrons. The van der Waals surface area contributed by atoms with Crippen molar-refractivity contribution in [3.05, 3.63) is 34.0 Å². The number of benzene rings is 1. The number of hydrogen-bond donors (Lipinski definition) is 0. The summed E-state index contributed by atoms with van der Waals surface area (Å²) in [5.74, 6) is 0.731. The molecule has 0 N–H and O–H groups in total. The molecule has 0 bridgehead atoms. The molecule has 0 saturated carbocycles. The smallest absolute Gasteiger partial charge is 0.214 e. The highest BCUT2D eigenvalue weighted by Crippen LogP contribution is 2.36. The molecular formula is C16H16N4O2S. The number of imidazole rings is 1. The van der Waals surface area contributed by atoms with Crippen LogP contribution in [0.15, 0.2) is 12.1 Å². The summed E-state index contributed by atoms with van der Waals surface area (Å²) in [4.78, 5) is 5.28. The van der Waals surface area contributed by atoms with Gasteiger partial charge in [-0.1, -0.05) is 17.4 Å². The first-order valence-electron chi connectivity index (χ1n) is 7.02. The van der Waals surface area contributed by atoms with Crippen molar-refractivity contribution in [3.8, 4) is 23.1 Å². The molecular weight excluding hydrogens is 312 g/mol. The Bertz CT molecular complexity index is 920. The van der Waals surface area contributed by atoms with Gasteiger partial charge in [-0.05, 0) is 31.0 Å². The number of aryl methyl sites for hydroxylation is 2. The molecule has 0 aliphatic rings. The van der Waals surface area contributed by atoms with E-state index < -0.39 is 0 Å². The van der Waals surface area contributed by atoms with E-state index in [4.69, 9.17) is 9.47 Å². The standard InChI is InChI=1S/C16H16N4O2S/c1-9-5-10(2)15(22-4)11(6-9)14-12(7-17)20-16(18-14)23-13(19-20)8-21-3/h5-6H,8H2,1-4H3. The number of fused-ring (bicyclic) bond motifs is 1. The van der Waals surface area contributed by atoms with Crippen molar-refractivity contribution in [1.29, 1.82) is 5.26 Å². The van der Waals surface area contributed by atoms with Crippen LogP contribution in [0.3, 0.4) is 0 Å². The Labute approximate surface area is 137 Å². The van der Waals surface area contributed by atoms with Crippen LogP contribution in [0, 0.1) is 25.2 Å². The minimum absolute atomic E-state index is 0.404. The molecule has 0 amide bonds. The van der Waals surface area contributed by atoms with Crippen LogP contribution in [0.5, 0.6) is 5.75 Å². The first kappa shape index (κ1) is 15.5. The van der Waals surface area contributed by atoms with Crippen LogP contribution < -0.4 is 4.74 Å². The molecule has 0 fully saturated rings. The van der Waals surface area contributed by atoms with Crippen LogP contribution in [-0.2, 0) is 11.3 Å². The molecule has 0 atom stereocenters. The average molecular weight is 328 g/mol. The molecule has 3 rings (SSSR count). The molecule has 2 aromatic heterocycles. The van der Waals surface area contributed by atoms with Crippen molar-refractivity contribution in [3.63, 3.8) is 0 Å². The van der Waals surface area contributed by atoms with Gasteiger partial charge in [-0.2, -0.15) is 14.9 Å². The third kappa shape index (κ3) is 2.56. The summed E-state index contributed by atoms with van der Waals surface area (Å²) < 4.78 is 12.2. The van der Waals surface area contributed by atoms with Gasteiger partial charge in [-0.25, -0.2) is 4.98 Å². The summed E-state index contributed by atoms with van der Waals surface area (Å²) in [6, 6.07) is 6.24. The van der Waals surface area contributed by atoms with Crippen molar-refractivity contribution < 1.29 is 9.47 Å². The molecule has 0 spiro atoms. The van der Waals surface area contributed by atoms with Gasteiger partial charge >= 0.3 is 0 Å². The topological polar surface area (TPSA) is 72.4 Å². The maximum Gasteiger partial charge on any atom is 0.214 e. The van der Waals surface area contributed by atoms with Gasteiger partial charge in [0, 0.05) is 12.7 Å². The van der Waals surface area contributed by atoms with E-state index in [9.17, 15) is 5.26 Å². The van der Waals surface area contributed by atoms with Crippen molar-refractivity contribution >= 4 is 16.3 Å². The second-order valence-electron chi connectivity index (χ2n) is 5.21. The summed E-state index contributed by atoms with van der Waals surface area (Å²) in [6.45, 7) is 4.39. The minimum Gasteiger partial charge on any atom is -0.496 e. The molecule has 0 aliphatic carbocycles. The van der Waals surface area contributed by atoms with Crippen LogP contribution >= 0.6 is 11.3 Å². The number of nitriles is 1. The van der Waals surface area contributed by atoms with Gasteiger partial charge in [0.2, 0.25) is 4.96 Å². The van der Waals surface area contributed by atoms with E-state index in [-0.39, 0.29) is 0 Å². The number of methoxy groups -OCH3 is 2. The predicted molar refractivity (Wildman–Crippen MR) is 87.8 cm³/mol. The Morgan fingerprint density at radius 1 is 1.30 bits per heavy atom. The molecule has 0 aliphatic heterocycles. The highest BCUT2D eigenvalue weighted by Gasteiger charge is 2.21. The van der Waals surface area contributed by atoms with Gasteiger partial charge in [0.15, 0.2) is 5.69 Å². The lowest BCUT2D eigenvalue weighted by Crippen LogP contribution is -1.96. The number of ether oxygens (including phenoxy) is 2. The summed E-state index contributed by atoms with van der Waals surface area (Å²) >= 11 is 1.41. The number of rotatable bonds is 4. The molecule has 7 heteroatoms. The number of nitrogens with zero attached hydrogens (tertiary/aromatic N) is 4. The summed E-state index contributed by atoms with van der Waals surface area (Å²) in [5.41, 5.74) is 3.91. The lowest BCUT2D eigenvalue weighted by molar-refractivity contribution is 0.183. The van der Waals surface area contributed by atoms with Crippen molar-refractivity contribution in [2.24, 2.45) is 0 Å². The first-order chi connectivity index (χ1) is 11.1. The first-order valence-corrected chi connectivity index (χ1v) is 7.83. The summed E-state index contributed by atoms with van der Waals surface area (Å²) in [6.07, 6.45) is 0. The van der Waals surface area contributed by atoms with Crippen molar-refractivity contribution in [2.75, 3.05) is 14.2 Å². The fraction of sp³-hybridized carbons (Fsp3) is 0.312. The van der Waals surface area contributed by atoms with Crippen LogP contribution in [0.25, 0.3) is 16.2 Å². The van der Waals surface area contributed by atoms with Gasteiger partial charge < -0.3 is 9.47 Å². The average Bonchev–Trinajstić information content (AvgIpc) is 3.03. The minimum atomic E-state index is 0.404. The fourth-order valence-electron chi connectivity index (χ4n) is 2.66. The molecule has 2 heterocycles. The predicted octanol–water partition coefficient (Wildman–Crippen LogP) is 3.10. The van der Waals surface area contributed by atoms with E-state index >= 15 is 0 Å². The van der Waals surface area contributed by atoms with E-state index in [0.717, 1.165) is 27.4 Å². The monoisotopic (exact) mass is 328 g/mol. The normalized spacial score (nSPS) is 10.9. The Hall–Kier alpha value is -2.43. The number of aromatic nitrogens is 3. The van der Waals surface area contributed by atoms with Gasteiger partial charge in [0.1, 0.15) is 22.5 Å². The number of hydrogen-bond acceptors (Lipinski definition) is 6. The van der Waals surface area contributed by atoms with Crippen molar-refractivity contribution in [2.45, 2.75) is 20.5 Å². The van der Waals surface area contributed by atoms with Gasteiger partial charge in [0.25, 0.3) is 0 Å². The van der Waals surface area contributed by atoms with Gasteiger partial charge in [0.05, 0.1) is 13.7 Å². The largest absolute Gasteiger partial charge is 0.496 e. The van der Waals surface area contributed by atoms with Gasteiger partial charge in [-0.3, -0.25) is 0 Å². The molecule has 0 saturated heterocycles. The Kier molecular flexibility index (Phi) is 4.03. The van der Waals surface area contributed by atoms with E-state index in [0.29, 0.717) is 23.0 Å². The molecule has 0 radical (unpaired) electrons. The lowest BCUT2D eigenvalue weighted by atomic mass is 10.0. The quantitative estimate of drug-likeness (QED) is 0.736. The molecule has 3 aromatic rings. The van der Waals surface area contributed by atoms with Crippen LogP contribution in [-0.4, -0.2) is 28.8 Å². The van der Waals surface area contributed by atoms with E-state index in [1.807, 2.05) is 26.0 Å². The maximum atomic E-state index is 9.59. The molecule has 6 nitrogen and oxygen atoms in total. The Morgan fingerprint density at radius 2 is 2.09 bits per heavy atom. The van der Waals surface area contributed by atoms with Crippen LogP contribution in [0.2, 0.25) is 0 Å². The summed E-state index contributed by atoms with van der Waals surface area (Å²) in [5, 5.41) is 14.8. The Balaban J connectivity index is 2.25. The zero-order valence-corrected chi connectivity index (χ0v) is 14.2. The highest BCUT2D eigenvalue weighted by atomic mass is 32.1. The molecule has 0 unspecified atom stereocenters. The summed E-state index contributed by atoms with van der Waals surface area (Å²) in [7, 11) is 3.24. The van der Waals surface area contributed by atoms with E-state index in [1.165, 1.54) is 11.3 Å². The highest BCUT2D eigenvalue weighted by molar-refractivity contribution is 7.16. The Morgan fingerprint density at radius 3 is 2.74 bits per heavy atom. The van der Waals surface area contributed by atoms with Crippen LogP contribution in [0.4, 0.5) is 0 Å². The maximum absolute atomic E-state index is 9.59. The lowest BCUT2D eigenvalue weighted by Gasteiger charge is -2.11.